The molecule has 0 radical (unpaired) electrons. The van der Waals surface area contributed by atoms with Crippen molar-refractivity contribution >= 4 is 0 Å². The monoisotopic (exact) mass is 220 g/mol. The van der Waals surface area contributed by atoms with Gasteiger partial charge in [0.25, 0.3) is 5.56 Å². The van der Waals surface area contributed by atoms with Crippen molar-refractivity contribution in [2.24, 2.45) is 5.73 Å². The molecule has 1 aliphatic carbocycles. The number of hydrogen-bond donors (Lipinski definition) is 1. The molecule has 3 nitrogen and oxygen atoms in total. The van der Waals surface area contributed by atoms with E-state index in [1.165, 1.54) is 12.8 Å². The Morgan fingerprint density at radius 1 is 1.38 bits per heavy atom. The summed E-state index contributed by atoms with van der Waals surface area (Å²) in [5, 5.41) is 0. The molecule has 0 aliphatic heterocycles. The number of pyridine rings is 1. The number of rotatable bonds is 2. The Morgan fingerprint density at radius 2 is 2.00 bits per heavy atom. The van der Waals surface area contributed by atoms with E-state index in [1.54, 1.807) is 0 Å². The number of hydrogen-bond acceptors (Lipinski definition) is 2. The first-order chi connectivity index (χ1) is 7.65. The zero-order chi connectivity index (χ0) is 11.7. The Labute approximate surface area is 96.3 Å². The fourth-order valence-electron chi connectivity index (χ4n) is 2.81. The summed E-state index contributed by atoms with van der Waals surface area (Å²) in [6.07, 6.45) is 4.74. The van der Waals surface area contributed by atoms with E-state index >= 15 is 0 Å². The SMILES string of the molecule is Cc1cc(C)n(C2CCCC2)c(=O)c1CN. The van der Waals surface area contributed by atoms with Crippen LogP contribution < -0.4 is 11.3 Å². The molecule has 0 bridgehead atoms. The molecule has 0 spiro atoms. The van der Waals surface area contributed by atoms with E-state index in [9.17, 15) is 4.79 Å². The van der Waals surface area contributed by atoms with Gasteiger partial charge in [0.05, 0.1) is 0 Å². The van der Waals surface area contributed by atoms with Crippen LogP contribution in [0.2, 0.25) is 0 Å². The van der Waals surface area contributed by atoms with Gasteiger partial charge < -0.3 is 10.3 Å². The van der Waals surface area contributed by atoms with Crippen molar-refractivity contribution in [3.8, 4) is 0 Å². The van der Waals surface area contributed by atoms with Crippen LogP contribution in [0.3, 0.4) is 0 Å². The molecule has 1 fully saturated rings. The van der Waals surface area contributed by atoms with Crippen LogP contribution in [0.1, 0.15) is 48.5 Å². The summed E-state index contributed by atoms with van der Waals surface area (Å²) >= 11 is 0. The number of nitrogens with two attached hydrogens (primary N) is 1. The molecule has 2 N–H and O–H groups in total. The van der Waals surface area contributed by atoms with Crippen LogP contribution in [-0.4, -0.2) is 4.57 Å². The molecule has 16 heavy (non-hydrogen) atoms. The van der Waals surface area contributed by atoms with E-state index in [4.69, 9.17) is 5.73 Å². The summed E-state index contributed by atoms with van der Waals surface area (Å²) in [5.74, 6) is 0. The third kappa shape index (κ3) is 1.80. The van der Waals surface area contributed by atoms with Gasteiger partial charge in [0.15, 0.2) is 0 Å². The van der Waals surface area contributed by atoms with Crippen LogP contribution in [-0.2, 0) is 6.54 Å². The Balaban J connectivity index is 2.55. The summed E-state index contributed by atoms with van der Waals surface area (Å²) in [6.45, 7) is 4.33. The average molecular weight is 220 g/mol. The first-order valence-electron chi connectivity index (χ1n) is 6.07. The minimum atomic E-state index is 0.131. The van der Waals surface area contributed by atoms with Crippen molar-refractivity contribution < 1.29 is 0 Å². The van der Waals surface area contributed by atoms with Crippen molar-refractivity contribution in [1.82, 2.24) is 4.57 Å². The predicted molar refractivity (Wildman–Crippen MR) is 65.6 cm³/mol. The van der Waals surface area contributed by atoms with E-state index in [2.05, 4.69) is 6.07 Å². The van der Waals surface area contributed by atoms with E-state index in [-0.39, 0.29) is 5.56 Å². The van der Waals surface area contributed by atoms with Crippen LogP contribution in [0.15, 0.2) is 10.9 Å². The molecular formula is C13H20N2O. The summed E-state index contributed by atoms with van der Waals surface area (Å²) in [7, 11) is 0. The van der Waals surface area contributed by atoms with Gasteiger partial charge in [0, 0.05) is 23.8 Å². The van der Waals surface area contributed by atoms with Gasteiger partial charge in [-0.3, -0.25) is 4.79 Å². The second-order valence-electron chi connectivity index (χ2n) is 4.76. The van der Waals surface area contributed by atoms with Crippen LogP contribution in [0, 0.1) is 13.8 Å². The standard InChI is InChI=1S/C13H20N2O/c1-9-7-10(2)15(11-5-3-4-6-11)13(16)12(9)8-14/h7,11H,3-6,8,14H2,1-2H3. The minimum absolute atomic E-state index is 0.131. The molecule has 1 aliphatic rings. The minimum Gasteiger partial charge on any atom is -0.326 e. The van der Waals surface area contributed by atoms with Gasteiger partial charge in [-0.1, -0.05) is 12.8 Å². The van der Waals surface area contributed by atoms with Crippen molar-refractivity contribution in [3.63, 3.8) is 0 Å². The molecule has 0 saturated heterocycles. The first-order valence-corrected chi connectivity index (χ1v) is 6.07. The zero-order valence-corrected chi connectivity index (χ0v) is 10.1. The first kappa shape index (κ1) is 11.4. The molecule has 88 valence electrons. The smallest absolute Gasteiger partial charge is 0.255 e. The van der Waals surface area contributed by atoms with Crippen LogP contribution >= 0.6 is 0 Å². The highest BCUT2D eigenvalue weighted by atomic mass is 16.1. The van der Waals surface area contributed by atoms with Crippen LogP contribution in [0.5, 0.6) is 0 Å². The highest BCUT2D eigenvalue weighted by molar-refractivity contribution is 5.26. The largest absolute Gasteiger partial charge is 0.326 e. The summed E-state index contributed by atoms with van der Waals surface area (Å²) in [4.78, 5) is 12.3. The Bertz CT molecular complexity index is 442. The normalized spacial score (nSPS) is 16.9. The molecule has 0 atom stereocenters. The quantitative estimate of drug-likeness (QED) is 0.829. The topological polar surface area (TPSA) is 48.0 Å². The van der Waals surface area contributed by atoms with Crippen molar-refractivity contribution in [2.45, 2.75) is 52.1 Å². The van der Waals surface area contributed by atoms with E-state index < -0.39 is 0 Å². The van der Waals surface area contributed by atoms with Gasteiger partial charge >= 0.3 is 0 Å². The molecule has 0 unspecified atom stereocenters. The zero-order valence-electron chi connectivity index (χ0n) is 10.1. The molecule has 0 amide bonds. The fraction of sp³-hybridized carbons (Fsp3) is 0.615. The lowest BCUT2D eigenvalue weighted by Gasteiger charge is -2.19. The van der Waals surface area contributed by atoms with Gasteiger partial charge in [-0.25, -0.2) is 0 Å². The maximum absolute atomic E-state index is 12.3. The van der Waals surface area contributed by atoms with Crippen LogP contribution in [0.25, 0.3) is 0 Å². The number of nitrogens with zero attached hydrogens (tertiary/aromatic N) is 1. The highest BCUT2D eigenvalue weighted by Crippen LogP contribution is 2.29. The van der Waals surface area contributed by atoms with Crippen molar-refractivity contribution in [3.05, 3.63) is 33.2 Å². The average Bonchev–Trinajstić information content (AvgIpc) is 2.70. The van der Waals surface area contributed by atoms with Gasteiger partial charge in [0.2, 0.25) is 0 Å². The molecular weight excluding hydrogens is 200 g/mol. The molecule has 2 rings (SSSR count). The second kappa shape index (κ2) is 4.42. The van der Waals surface area contributed by atoms with Gasteiger partial charge in [0.1, 0.15) is 0 Å². The number of aromatic nitrogens is 1. The summed E-state index contributed by atoms with van der Waals surface area (Å²) < 4.78 is 1.96. The van der Waals surface area contributed by atoms with Gasteiger partial charge in [-0.05, 0) is 38.3 Å². The third-order valence-electron chi connectivity index (χ3n) is 3.65. The molecule has 1 aromatic rings. The lowest BCUT2D eigenvalue weighted by Crippen LogP contribution is -2.30. The Kier molecular flexibility index (Phi) is 3.15. The molecule has 1 aromatic heterocycles. The number of aryl methyl sites for hydroxylation is 2. The van der Waals surface area contributed by atoms with Gasteiger partial charge in [-0.15, -0.1) is 0 Å². The maximum atomic E-state index is 12.3. The van der Waals surface area contributed by atoms with Crippen molar-refractivity contribution in [1.29, 1.82) is 0 Å². The van der Waals surface area contributed by atoms with E-state index in [0.29, 0.717) is 12.6 Å². The third-order valence-corrected chi connectivity index (χ3v) is 3.65. The maximum Gasteiger partial charge on any atom is 0.255 e. The molecule has 3 heteroatoms. The van der Waals surface area contributed by atoms with E-state index in [1.807, 2.05) is 18.4 Å². The van der Waals surface area contributed by atoms with E-state index in [0.717, 1.165) is 29.7 Å². The second-order valence-corrected chi connectivity index (χ2v) is 4.76. The molecule has 1 saturated carbocycles. The summed E-state index contributed by atoms with van der Waals surface area (Å²) in [5.41, 5.74) is 8.67. The molecule has 0 aromatic carbocycles. The molecule has 1 heterocycles. The predicted octanol–water partition coefficient (Wildman–Crippen LogP) is 2.04. The lowest BCUT2D eigenvalue weighted by molar-refractivity contribution is 0.487. The van der Waals surface area contributed by atoms with Gasteiger partial charge in [-0.2, -0.15) is 0 Å². The fourth-order valence-corrected chi connectivity index (χ4v) is 2.81. The van der Waals surface area contributed by atoms with Crippen molar-refractivity contribution in [2.75, 3.05) is 0 Å². The highest BCUT2D eigenvalue weighted by Gasteiger charge is 2.20. The Hall–Kier alpha value is -1.09. The Morgan fingerprint density at radius 3 is 2.56 bits per heavy atom. The lowest BCUT2D eigenvalue weighted by atomic mass is 10.1. The van der Waals surface area contributed by atoms with Crippen LogP contribution in [0.4, 0.5) is 0 Å². The summed E-state index contributed by atoms with van der Waals surface area (Å²) in [6, 6.07) is 2.49.